The molecule has 0 unspecified atom stereocenters. The molecule has 0 spiro atoms. The van der Waals surface area contributed by atoms with Gasteiger partial charge >= 0.3 is 0 Å². The van der Waals surface area contributed by atoms with Gasteiger partial charge in [-0.25, -0.2) is 0 Å². The van der Waals surface area contributed by atoms with E-state index in [1.165, 1.54) is 0 Å². The average molecular weight is 217 g/mol. The molecule has 0 radical (unpaired) electrons. The van der Waals surface area contributed by atoms with Crippen LogP contribution in [0.4, 0.5) is 0 Å². The van der Waals surface area contributed by atoms with Crippen LogP contribution in [-0.2, 0) is 0 Å². The fourth-order valence-electron chi connectivity index (χ4n) is 0.313. The van der Waals surface area contributed by atoms with E-state index in [4.69, 9.17) is 0 Å². The molecule has 0 saturated heterocycles. The van der Waals surface area contributed by atoms with Gasteiger partial charge in [0.05, 0.1) is 0 Å². The highest BCUT2D eigenvalue weighted by molar-refractivity contribution is 4.88. The predicted octanol–water partition coefficient (Wildman–Crippen LogP) is 6.07. The molecule has 0 bridgehead atoms. The topological polar surface area (TPSA) is 12.9 Å². The Balaban J connectivity index is -0.0000000202. The van der Waals surface area contributed by atoms with E-state index in [9.17, 15) is 0 Å². The van der Waals surface area contributed by atoms with Crippen LogP contribution in [0, 0.1) is 0 Å². The zero-order valence-electron chi connectivity index (χ0n) is 9.33. The van der Waals surface area contributed by atoms with E-state index in [0.29, 0.717) is 0 Å². The summed E-state index contributed by atoms with van der Waals surface area (Å²) in [6, 6.07) is 5.72. The standard InChI is InChI=1S/C5H5N.3C2H6.3CH4/c1-2-4-6-5-3-1;3*1-2;;;/h1-5H;3*1-2H3;3*1H4. The maximum Gasteiger partial charge on any atom is 0.0267 e. The molecule has 1 heteroatoms. The molecule has 0 aromatic carbocycles. The molecule has 0 aliphatic rings. The van der Waals surface area contributed by atoms with Gasteiger partial charge in [-0.3, -0.25) is 4.98 Å². The van der Waals surface area contributed by atoms with Crippen LogP contribution in [0.25, 0.3) is 0 Å². The molecule has 0 amide bonds. The molecule has 0 aliphatic carbocycles. The van der Waals surface area contributed by atoms with Crippen molar-refractivity contribution in [3.8, 4) is 0 Å². The minimum Gasteiger partial charge on any atom is -0.265 e. The molecule has 1 nitrogen and oxygen atoms in total. The van der Waals surface area contributed by atoms with Crippen molar-refractivity contribution in [1.82, 2.24) is 4.98 Å². The molecule has 1 aromatic heterocycles. The Hall–Kier alpha value is -0.850. The van der Waals surface area contributed by atoms with E-state index in [1.807, 2.05) is 59.7 Å². The molecule has 0 N–H and O–H groups in total. The molecule has 0 atom stereocenters. The maximum atomic E-state index is 3.78. The van der Waals surface area contributed by atoms with Crippen LogP contribution in [0.2, 0.25) is 0 Å². The van der Waals surface area contributed by atoms with Crippen molar-refractivity contribution >= 4 is 0 Å². The number of pyridine rings is 1. The first kappa shape index (κ1) is 36.8. The second kappa shape index (κ2) is 73.2. The smallest absolute Gasteiger partial charge is 0.0267 e. The molecule has 1 aromatic rings. The number of aromatic nitrogens is 1. The van der Waals surface area contributed by atoms with E-state index in [1.54, 1.807) is 12.4 Å². The van der Waals surface area contributed by atoms with Gasteiger partial charge < -0.3 is 0 Å². The lowest BCUT2D eigenvalue weighted by atomic mass is 10.5. The number of nitrogens with zero attached hydrogens (tertiary/aromatic N) is 1. The third-order valence-corrected chi connectivity index (χ3v) is 0.566. The van der Waals surface area contributed by atoms with E-state index in [0.717, 1.165) is 0 Å². The number of rotatable bonds is 0. The average Bonchev–Trinajstić information content (AvgIpc) is 2.29. The van der Waals surface area contributed by atoms with Gasteiger partial charge in [0.25, 0.3) is 0 Å². The lowest BCUT2D eigenvalue weighted by molar-refractivity contribution is 1.33. The van der Waals surface area contributed by atoms with Crippen LogP contribution in [0.1, 0.15) is 63.8 Å². The Morgan fingerprint density at radius 1 is 0.533 bits per heavy atom. The van der Waals surface area contributed by atoms with Crippen molar-refractivity contribution in [2.24, 2.45) is 0 Å². The van der Waals surface area contributed by atoms with Gasteiger partial charge in [-0.15, -0.1) is 0 Å². The molecule has 15 heavy (non-hydrogen) atoms. The minimum absolute atomic E-state index is 0. The first-order valence-electron chi connectivity index (χ1n) is 4.85. The van der Waals surface area contributed by atoms with Gasteiger partial charge in [-0.1, -0.05) is 69.9 Å². The SMILES string of the molecule is C.C.C.CC.CC.CC.c1ccncc1. The summed E-state index contributed by atoms with van der Waals surface area (Å²) in [6.45, 7) is 12.0. The monoisotopic (exact) mass is 217 g/mol. The van der Waals surface area contributed by atoms with Gasteiger partial charge in [0.15, 0.2) is 0 Å². The summed E-state index contributed by atoms with van der Waals surface area (Å²) in [5, 5.41) is 0. The zero-order valence-corrected chi connectivity index (χ0v) is 9.33. The third-order valence-electron chi connectivity index (χ3n) is 0.566. The van der Waals surface area contributed by atoms with Gasteiger partial charge in [0, 0.05) is 12.4 Å². The Labute approximate surface area is 100.0 Å². The highest BCUT2D eigenvalue weighted by Crippen LogP contribution is 1.73. The Morgan fingerprint density at radius 2 is 0.800 bits per heavy atom. The van der Waals surface area contributed by atoms with Gasteiger partial charge in [-0.05, 0) is 12.1 Å². The summed E-state index contributed by atoms with van der Waals surface area (Å²) in [5.41, 5.74) is 0. The van der Waals surface area contributed by atoms with Crippen LogP contribution in [0.3, 0.4) is 0 Å². The Bertz CT molecular complexity index is 77.3. The van der Waals surface area contributed by atoms with E-state index in [-0.39, 0.29) is 22.3 Å². The number of hydrogen-bond acceptors (Lipinski definition) is 1. The van der Waals surface area contributed by atoms with Crippen molar-refractivity contribution in [2.45, 2.75) is 63.8 Å². The largest absolute Gasteiger partial charge is 0.265 e. The van der Waals surface area contributed by atoms with Gasteiger partial charge in [0.2, 0.25) is 0 Å². The predicted molar refractivity (Wildman–Crippen MR) is 78.5 cm³/mol. The molecule has 0 saturated carbocycles. The summed E-state index contributed by atoms with van der Waals surface area (Å²) in [4.78, 5) is 3.78. The Morgan fingerprint density at radius 3 is 0.867 bits per heavy atom. The highest BCUT2D eigenvalue weighted by atomic mass is 14.6. The second-order valence-corrected chi connectivity index (χ2v) is 1.02. The summed E-state index contributed by atoms with van der Waals surface area (Å²) in [7, 11) is 0. The summed E-state index contributed by atoms with van der Waals surface area (Å²) in [5.74, 6) is 0. The lowest BCUT2D eigenvalue weighted by Gasteiger charge is -1.70. The molecular weight excluding hydrogens is 182 g/mol. The highest BCUT2D eigenvalue weighted by Gasteiger charge is 1.58. The van der Waals surface area contributed by atoms with Crippen molar-refractivity contribution in [3.63, 3.8) is 0 Å². The molecular formula is C14H35N. The van der Waals surface area contributed by atoms with Gasteiger partial charge in [-0.2, -0.15) is 0 Å². The quantitative estimate of drug-likeness (QED) is 0.514. The van der Waals surface area contributed by atoms with E-state index >= 15 is 0 Å². The summed E-state index contributed by atoms with van der Waals surface area (Å²) < 4.78 is 0. The Kier molecular flexibility index (Phi) is 180. The maximum absolute atomic E-state index is 3.78. The van der Waals surface area contributed by atoms with Crippen LogP contribution in [0.5, 0.6) is 0 Å². The molecule has 96 valence electrons. The molecule has 1 heterocycles. The first-order valence-corrected chi connectivity index (χ1v) is 4.85. The van der Waals surface area contributed by atoms with E-state index in [2.05, 4.69) is 4.98 Å². The van der Waals surface area contributed by atoms with Crippen molar-refractivity contribution in [1.29, 1.82) is 0 Å². The summed E-state index contributed by atoms with van der Waals surface area (Å²) in [6.07, 6.45) is 3.50. The second-order valence-electron chi connectivity index (χ2n) is 1.02. The summed E-state index contributed by atoms with van der Waals surface area (Å²) >= 11 is 0. The van der Waals surface area contributed by atoms with Crippen molar-refractivity contribution < 1.29 is 0 Å². The normalized spacial score (nSPS) is 4.40. The minimum atomic E-state index is 0. The molecule has 1 rings (SSSR count). The molecule has 0 fully saturated rings. The van der Waals surface area contributed by atoms with Crippen LogP contribution >= 0.6 is 0 Å². The number of hydrogen-bond donors (Lipinski definition) is 0. The van der Waals surface area contributed by atoms with Crippen molar-refractivity contribution in [2.75, 3.05) is 0 Å². The van der Waals surface area contributed by atoms with E-state index < -0.39 is 0 Å². The third kappa shape index (κ3) is 61.6. The lowest BCUT2D eigenvalue weighted by Crippen LogP contribution is -1.58. The zero-order chi connectivity index (χ0) is 10.2. The molecule has 0 aliphatic heterocycles. The van der Waals surface area contributed by atoms with Crippen LogP contribution < -0.4 is 0 Å². The fourth-order valence-corrected chi connectivity index (χ4v) is 0.313. The van der Waals surface area contributed by atoms with Crippen molar-refractivity contribution in [3.05, 3.63) is 30.6 Å². The van der Waals surface area contributed by atoms with Crippen LogP contribution in [-0.4, -0.2) is 4.98 Å². The van der Waals surface area contributed by atoms with Gasteiger partial charge in [0.1, 0.15) is 0 Å². The van der Waals surface area contributed by atoms with Crippen LogP contribution in [0.15, 0.2) is 30.6 Å². The fraction of sp³-hybridized carbons (Fsp3) is 0.643. The first-order chi connectivity index (χ1) is 6.00.